The smallest absolute Gasteiger partial charge is 0.309 e. The lowest BCUT2D eigenvalue weighted by Crippen LogP contribution is -2.47. The minimum Gasteiger partial charge on any atom is -0.467 e. The maximum absolute atomic E-state index is 13.9. The minimum absolute atomic E-state index is 0.00145. The van der Waals surface area contributed by atoms with Gasteiger partial charge in [-0.25, -0.2) is 17.2 Å². The van der Waals surface area contributed by atoms with Crippen LogP contribution < -0.4 is 10.6 Å². The molecule has 1 fully saturated rings. The quantitative estimate of drug-likeness (QED) is 0.640. The molecule has 3 rings (SSSR count). The summed E-state index contributed by atoms with van der Waals surface area (Å²) in [4.78, 5) is 22.9. The first kappa shape index (κ1) is 20.9. The SMILES string of the molecule is O=C(NCc1ccco1)C(=O)NC[C@H]1OCCN1S(=O)(=O)c1cc(F)ccc1F. The number of nitrogens with zero attached hydrogens (tertiary/aromatic N) is 1. The molecule has 0 radical (unpaired) electrons. The Kier molecular flexibility index (Phi) is 6.25. The number of rotatable bonds is 6. The van der Waals surface area contributed by atoms with Gasteiger partial charge in [-0.05, 0) is 30.3 Å². The van der Waals surface area contributed by atoms with Crippen molar-refractivity contribution >= 4 is 21.8 Å². The highest BCUT2D eigenvalue weighted by Crippen LogP contribution is 2.24. The molecule has 1 aliphatic rings. The number of carbonyl (C=O) groups excluding carboxylic acids is 2. The molecule has 2 heterocycles. The number of carbonyl (C=O) groups is 2. The predicted molar refractivity (Wildman–Crippen MR) is 93.6 cm³/mol. The molecule has 2 amide bonds. The van der Waals surface area contributed by atoms with Gasteiger partial charge in [0.05, 0.1) is 26.0 Å². The second kappa shape index (κ2) is 8.68. The Labute approximate surface area is 164 Å². The van der Waals surface area contributed by atoms with Crippen molar-refractivity contribution < 1.29 is 35.9 Å². The summed E-state index contributed by atoms with van der Waals surface area (Å²) in [6.07, 6.45) is 0.236. The molecular weight excluding hydrogens is 412 g/mol. The molecule has 1 aliphatic heterocycles. The van der Waals surface area contributed by atoms with E-state index in [1.807, 2.05) is 0 Å². The van der Waals surface area contributed by atoms with E-state index in [2.05, 4.69) is 10.6 Å². The first-order valence-electron chi connectivity index (χ1n) is 8.46. The van der Waals surface area contributed by atoms with Crippen molar-refractivity contribution in [3.05, 3.63) is 54.0 Å². The maximum Gasteiger partial charge on any atom is 0.309 e. The minimum atomic E-state index is -4.42. The van der Waals surface area contributed by atoms with E-state index in [0.717, 1.165) is 10.4 Å². The van der Waals surface area contributed by atoms with Gasteiger partial charge in [-0.15, -0.1) is 0 Å². The summed E-state index contributed by atoms with van der Waals surface area (Å²) >= 11 is 0. The number of furan rings is 1. The number of benzene rings is 1. The lowest BCUT2D eigenvalue weighted by atomic mass is 10.3. The third-order valence-electron chi connectivity index (χ3n) is 4.07. The molecule has 1 saturated heterocycles. The number of hydrogen-bond acceptors (Lipinski definition) is 6. The zero-order chi connectivity index (χ0) is 21.0. The van der Waals surface area contributed by atoms with Gasteiger partial charge in [0.15, 0.2) is 0 Å². The topological polar surface area (TPSA) is 118 Å². The number of sulfonamides is 1. The van der Waals surface area contributed by atoms with Crippen LogP contribution in [0.4, 0.5) is 8.78 Å². The highest BCUT2D eigenvalue weighted by molar-refractivity contribution is 7.89. The van der Waals surface area contributed by atoms with Crippen LogP contribution in [-0.2, 0) is 30.9 Å². The Morgan fingerprint density at radius 2 is 1.93 bits per heavy atom. The molecule has 9 nitrogen and oxygen atoms in total. The Balaban J connectivity index is 1.61. The molecule has 0 aliphatic carbocycles. The molecule has 1 aromatic heterocycles. The standard InChI is InChI=1S/C17H17F2N3O6S/c18-11-3-4-13(19)14(8-11)29(25,26)22-5-7-28-15(22)10-21-17(24)16(23)20-9-12-2-1-6-27-12/h1-4,6,8,15H,5,7,9-10H2,(H,20,23)(H,21,24)/t15-/m1/s1. The van der Waals surface area contributed by atoms with Crippen LogP contribution in [0.15, 0.2) is 45.9 Å². The van der Waals surface area contributed by atoms with E-state index in [4.69, 9.17) is 9.15 Å². The third-order valence-corrected chi connectivity index (χ3v) is 5.97. The van der Waals surface area contributed by atoms with Crippen molar-refractivity contribution in [2.24, 2.45) is 0 Å². The fraction of sp³-hybridized carbons (Fsp3) is 0.294. The van der Waals surface area contributed by atoms with E-state index >= 15 is 0 Å². The monoisotopic (exact) mass is 429 g/mol. The number of amides is 2. The number of nitrogens with one attached hydrogen (secondary N) is 2. The highest BCUT2D eigenvalue weighted by atomic mass is 32.2. The second-order valence-corrected chi connectivity index (χ2v) is 7.85. The Hall–Kier alpha value is -2.83. The van der Waals surface area contributed by atoms with E-state index in [1.54, 1.807) is 12.1 Å². The number of halogens is 2. The molecule has 12 heteroatoms. The van der Waals surface area contributed by atoms with Gasteiger partial charge >= 0.3 is 11.8 Å². The Bertz CT molecular complexity index is 997. The zero-order valence-electron chi connectivity index (χ0n) is 14.9. The van der Waals surface area contributed by atoms with Gasteiger partial charge in [-0.3, -0.25) is 9.59 Å². The van der Waals surface area contributed by atoms with Crippen molar-refractivity contribution in [1.82, 2.24) is 14.9 Å². The molecule has 0 spiro atoms. The van der Waals surface area contributed by atoms with Crippen LogP contribution in [-0.4, -0.2) is 50.5 Å². The van der Waals surface area contributed by atoms with Crippen molar-refractivity contribution in [3.8, 4) is 0 Å². The first-order chi connectivity index (χ1) is 13.8. The van der Waals surface area contributed by atoms with Crippen molar-refractivity contribution in [2.75, 3.05) is 19.7 Å². The molecule has 29 heavy (non-hydrogen) atoms. The van der Waals surface area contributed by atoms with Crippen LogP contribution in [0.3, 0.4) is 0 Å². The first-order valence-corrected chi connectivity index (χ1v) is 9.90. The van der Waals surface area contributed by atoms with Crippen LogP contribution in [0.1, 0.15) is 5.76 Å². The molecule has 0 bridgehead atoms. The number of hydrogen-bond donors (Lipinski definition) is 2. The maximum atomic E-state index is 13.9. The molecule has 1 aromatic carbocycles. The fourth-order valence-electron chi connectivity index (χ4n) is 2.66. The summed E-state index contributed by atoms with van der Waals surface area (Å²) in [7, 11) is -4.42. The second-order valence-electron chi connectivity index (χ2n) is 5.99. The summed E-state index contributed by atoms with van der Waals surface area (Å²) in [5, 5.41) is 4.59. The van der Waals surface area contributed by atoms with E-state index < -0.39 is 44.6 Å². The molecule has 2 N–H and O–H groups in total. The van der Waals surface area contributed by atoms with Crippen LogP contribution in [0.2, 0.25) is 0 Å². The van der Waals surface area contributed by atoms with Gasteiger partial charge in [-0.2, -0.15) is 4.31 Å². The summed E-state index contributed by atoms with van der Waals surface area (Å²) in [5.41, 5.74) is 0. The van der Waals surface area contributed by atoms with Gasteiger partial charge in [0, 0.05) is 6.54 Å². The summed E-state index contributed by atoms with van der Waals surface area (Å²) in [5.74, 6) is -3.55. The van der Waals surface area contributed by atoms with Gasteiger partial charge in [0.25, 0.3) is 0 Å². The summed E-state index contributed by atoms with van der Waals surface area (Å²) in [6.45, 7) is -0.493. The molecule has 156 valence electrons. The lowest BCUT2D eigenvalue weighted by Gasteiger charge is -2.23. The van der Waals surface area contributed by atoms with E-state index in [9.17, 15) is 26.8 Å². The average molecular weight is 429 g/mol. The third kappa shape index (κ3) is 4.78. The molecule has 2 aromatic rings. The van der Waals surface area contributed by atoms with Gasteiger partial charge in [-0.1, -0.05) is 0 Å². The largest absolute Gasteiger partial charge is 0.467 e. The van der Waals surface area contributed by atoms with Crippen LogP contribution in [0.25, 0.3) is 0 Å². The predicted octanol–water partition coefficient (Wildman–Crippen LogP) is 0.337. The molecular formula is C17H17F2N3O6S. The van der Waals surface area contributed by atoms with Crippen LogP contribution in [0, 0.1) is 11.6 Å². The van der Waals surface area contributed by atoms with E-state index in [-0.39, 0.29) is 26.2 Å². The zero-order valence-corrected chi connectivity index (χ0v) is 15.7. The van der Waals surface area contributed by atoms with Crippen LogP contribution >= 0.6 is 0 Å². The van der Waals surface area contributed by atoms with Crippen molar-refractivity contribution in [3.63, 3.8) is 0 Å². The average Bonchev–Trinajstić information content (AvgIpc) is 3.37. The Morgan fingerprint density at radius 3 is 2.66 bits per heavy atom. The lowest BCUT2D eigenvalue weighted by molar-refractivity contribution is -0.139. The Morgan fingerprint density at radius 1 is 1.17 bits per heavy atom. The highest BCUT2D eigenvalue weighted by Gasteiger charge is 2.38. The van der Waals surface area contributed by atoms with Gasteiger partial charge in [0.1, 0.15) is 28.5 Å². The molecule has 1 atom stereocenters. The van der Waals surface area contributed by atoms with Crippen molar-refractivity contribution in [2.45, 2.75) is 17.7 Å². The summed E-state index contributed by atoms with van der Waals surface area (Å²) < 4.78 is 63.7. The van der Waals surface area contributed by atoms with Crippen molar-refractivity contribution in [1.29, 1.82) is 0 Å². The molecule has 0 unspecified atom stereocenters. The van der Waals surface area contributed by atoms with Gasteiger partial charge < -0.3 is 19.8 Å². The fourth-order valence-corrected chi connectivity index (χ4v) is 4.25. The van der Waals surface area contributed by atoms with E-state index in [1.165, 1.54) is 6.26 Å². The summed E-state index contributed by atoms with van der Waals surface area (Å²) in [6, 6.07) is 5.31. The van der Waals surface area contributed by atoms with Crippen LogP contribution in [0.5, 0.6) is 0 Å². The number of ether oxygens (including phenoxy) is 1. The normalized spacial score (nSPS) is 17.2. The van der Waals surface area contributed by atoms with Gasteiger partial charge in [0.2, 0.25) is 10.0 Å². The molecule has 0 saturated carbocycles. The van der Waals surface area contributed by atoms with E-state index in [0.29, 0.717) is 17.9 Å².